The molecule has 1 aliphatic rings. The Hall–Kier alpha value is -2.58. The van der Waals surface area contributed by atoms with Gasteiger partial charge in [0.05, 0.1) is 23.9 Å². The van der Waals surface area contributed by atoms with Crippen molar-refractivity contribution >= 4 is 5.91 Å². The Morgan fingerprint density at radius 2 is 1.96 bits per heavy atom. The van der Waals surface area contributed by atoms with Gasteiger partial charge >= 0.3 is 0 Å². The lowest BCUT2D eigenvalue weighted by atomic mass is 10.1. The molecule has 136 valence electrons. The van der Waals surface area contributed by atoms with Crippen LogP contribution in [0, 0.1) is 11.3 Å². The van der Waals surface area contributed by atoms with Crippen molar-refractivity contribution in [1.82, 2.24) is 10.2 Å². The monoisotopic (exact) mass is 351 g/mol. The second-order valence-corrected chi connectivity index (χ2v) is 6.74. The van der Waals surface area contributed by atoms with Gasteiger partial charge in [-0.1, -0.05) is 18.6 Å². The van der Waals surface area contributed by atoms with Crippen LogP contribution in [0.15, 0.2) is 47.1 Å². The zero-order valence-electron chi connectivity index (χ0n) is 15.0. The van der Waals surface area contributed by atoms with E-state index in [-0.39, 0.29) is 11.9 Å². The second-order valence-electron chi connectivity index (χ2n) is 6.74. The number of furan rings is 1. The average Bonchev–Trinajstić information content (AvgIpc) is 3.22. The molecule has 1 aromatic carbocycles. The topological polar surface area (TPSA) is 69.3 Å². The van der Waals surface area contributed by atoms with Gasteiger partial charge in [-0.05, 0) is 62.2 Å². The summed E-state index contributed by atoms with van der Waals surface area (Å²) in [6.07, 6.45) is 6.48. The maximum absolute atomic E-state index is 12.3. The minimum Gasteiger partial charge on any atom is -0.468 e. The highest BCUT2D eigenvalue weighted by atomic mass is 16.3. The molecule has 0 bridgehead atoms. The Bertz CT molecular complexity index is 726. The minimum absolute atomic E-state index is 0.0444. The zero-order chi connectivity index (χ0) is 18.2. The number of carbonyl (C=O) groups is 1. The Morgan fingerprint density at radius 3 is 2.62 bits per heavy atom. The SMILES string of the molecule is N#Cc1ccc(CCC(=O)NCC(c2ccco2)N2CCCCC2)cc1. The first kappa shape index (κ1) is 18.2. The number of likely N-dealkylation sites (tertiary alicyclic amines) is 1. The maximum Gasteiger partial charge on any atom is 0.220 e. The maximum atomic E-state index is 12.3. The highest BCUT2D eigenvalue weighted by Crippen LogP contribution is 2.24. The third-order valence-electron chi connectivity index (χ3n) is 4.92. The predicted octanol–water partition coefficient (Wildman–Crippen LogP) is 3.43. The van der Waals surface area contributed by atoms with E-state index in [0.717, 1.165) is 24.4 Å². The molecule has 1 saturated heterocycles. The molecule has 1 N–H and O–H groups in total. The lowest BCUT2D eigenvalue weighted by Crippen LogP contribution is -2.40. The lowest BCUT2D eigenvalue weighted by Gasteiger charge is -2.33. The van der Waals surface area contributed by atoms with Gasteiger partial charge in [-0.25, -0.2) is 0 Å². The van der Waals surface area contributed by atoms with Crippen LogP contribution in [0.25, 0.3) is 0 Å². The number of carbonyl (C=O) groups excluding carboxylic acids is 1. The molecule has 1 amide bonds. The second kappa shape index (κ2) is 9.21. The van der Waals surface area contributed by atoms with E-state index < -0.39 is 0 Å². The number of nitrogens with zero attached hydrogens (tertiary/aromatic N) is 2. The first-order chi connectivity index (χ1) is 12.8. The fourth-order valence-electron chi connectivity index (χ4n) is 3.42. The molecule has 26 heavy (non-hydrogen) atoms. The first-order valence-electron chi connectivity index (χ1n) is 9.29. The summed E-state index contributed by atoms with van der Waals surface area (Å²) in [5, 5.41) is 11.9. The van der Waals surface area contributed by atoms with Gasteiger partial charge in [-0.2, -0.15) is 5.26 Å². The number of hydrogen-bond acceptors (Lipinski definition) is 4. The van der Waals surface area contributed by atoms with Crippen LogP contribution in [0.5, 0.6) is 0 Å². The third-order valence-corrected chi connectivity index (χ3v) is 4.92. The van der Waals surface area contributed by atoms with Crippen LogP contribution < -0.4 is 5.32 Å². The standard InChI is InChI=1S/C21H25N3O2/c22-15-18-8-6-17(7-9-18)10-11-21(25)23-16-19(20-5-4-14-26-20)24-12-2-1-3-13-24/h4-9,14,19H,1-3,10-13,16H2,(H,23,25). The fourth-order valence-corrected chi connectivity index (χ4v) is 3.42. The summed E-state index contributed by atoms with van der Waals surface area (Å²) in [5.74, 6) is 0.960. The number of rotatable bonds is 7. The molecule has 0 saturated carbocycles. The van der Waals surface area contributed by atoms with Crippen molar-refractivity contribution in [3.8, 4) is 6.07 Å². The van der Waals surface area contributed by atoms with Crippen LogP contribution in [0.2, 0.25) is 0 Å². The average molecular weight is 351 g/mol. The van der Waals surface area contributed by atoms with Gasteiger partial charge < -0.3 is 9.73 Å². The summed E-state index contributed by atoms with van der Waals surface area (Å²) in [7, 11) is 0. The zero-order valence-corrected chi connectivity index (χ0v) is 15.0. The van der Waals surface area contributed by atoms with Crippen LogP contribution in [-0.4, -0.2) is 30.4 Å². The summed E-state index contributed by atoms with van der Waals surface area (Å²) in [5.41, 5.74) is 1.71. The van der Waals surface area contributed by atoms with Crippen LogP contribution in [0.3, 0.4) is 0 Å². The first-order valence-corrected chi connectivity index (χ1v) is 9.29. The summed E-state index contributed by atoms with van der Waals surface area (Å²) >= 11 is 0. The molecule has 0 spiro atoms. The van der Waals surface area contributed by atoms with Crippen molar-refractivity contribution in [2.24, 2.45) is 0 Å². The molecule has 2 aromatic rings. The number of aryl methyl sites for hydroxylation is 1. The van der Waals surface area contributed by atoms with Crippen molar-refractivity contribution < 1.29 is 9.21 Å². The molecular formula is C21H25N3O2. The van der Waals surface area contributed by atoms with Crippen molar-refractivity contribution in [1.29, 1.82) is 5.26 Å². The van der Waals surface area contributed by atoms with Gasteiger partial charge in [-0.3, -0.25) is 9.69 Å². The van der Waals surface area contributed by atoms with E-state index in [1.807, 2.05) is 24.3 Å². The summed E-state index contributed by atoms with van der Waals surface area (Å²) < 4.78 is 5.61. The number of piperidine rings is 1. The molecule has 1 fully saturated rings. The van der Waals surface area contributed by atoms with Gasteiger partial charge in [0.2, 0.25) is 5.91 Å². The van der Waals surface area contributed by atoms with E-state index in [4.69, 9.17) is 9.68 Å². The number of benzene rings is 1. The van der Waals surface area contributed by atoms with Crippen LogP contribution in [0.1, 0.15) is 48.6 Å². The fraction of sp³-hybridized carbons (Fsp3) is 0.429. The molecule has 1 aliphatic heterocycles. The number of hydrogen-bond donors (Lipinski definition) is 1. The third kappa shape index (κ3) is 4.96. The van der Waals surface area contributed by atoms with E-state index in [0.29, 0.717) is 24.9 Å². The number of amides is 1. The molecular weight excluding hydrogens is 326 g/mol. The van der Waals surface area contributed by atoms with Crippen LogP contribution in [0.4, 0.5) is 0 Å². The van der Waals surface area contributed by atoms with Crippen molar-refractivity contribution in [2.75, 3.05) is 19.6 Å². The molecule has 2 heterocycles. The Labute approximate surface area is 154 Å². The molecule has 3 rings (SSSR count). The van der Waals surface area contributed by atoms with Crippen molar-refractivity contribution in [3.63, 3.8) is 0 Å². The molecule has 0 radical (unpaired) electrons. The number of nitriles is 1. The van der Waals surface area contributed by atoms with Crippen molar-refractivity contribution in [2.45, 2.75) is 38.1 Å². The van der Waals surface area contributed by atoms with Crippen molar-refractivity contribution in [3.05, 3.63) is 59.5 Å². The van der Waals surface area contributed by atoms with Crippen LogP contribution in [-0.2, 0) is 11.2 Å². The summed E-state index contributed by atoms with van der Waals surface area (Å²) in [6, 6.07) is 13.5. The minimum atomic E-state index is 0.0444. The van der Waals surface area contributed by atoms with E-state index >= 15 is 0 Å². The highest BCUT2D eigenvalue weighted by molar-refractivity contribution is 5.76. The predicted molar refractivity (Wildman–Crippen MR) is 99.4 cm³/mol. The Balaban J connectivity index is 1.51. The molecule has 1 aromatic heterocycles. The molecule has 5 nitrogen and oxygen atoms in total. The van der Waals surface area contributed by atoms with Gasteiger partial charge in [-0.15, -0.1) is 0 Å². The Kier molecular flexibility index (Phi) is 6.45. The quantitative estimate of drug-likeness (QED) is 0.830. The normalized spacial score (nSPS) is 16.0. The van der Waals surface area contributed by atoms with E-state index in [9.17, 15) is 4.79 Å². The number of nitrogens with one attached hydrogen (secondary N) is 1. The molecule has 1 unspecified atom stereocenters. The van der Waals surface area contributed by atoms with Gasteiger partial charge in [0.1, 0.15) is 5.76 Å². The molecule has 0 aliphatic carbocycles. The summed E-state index contributed by atoms with van der Waals surface area (Å²) in [4.78, 5) is 14.7. The lowest BCUT2D eigenvalue weighted by molar-refractivity contribution is -0.121. The van der Waals surface area contributed by atoms with E-state index in [2.05, 4.69) is 16.3 Å². The van der Waals surface area contributed by atoms with Gasteiger partial charge in [0.15, 0.2) is 0 Å². The van der Waals surface area contributed by atoms with Crippen LogP contribution >= 0.6 is 0 Å². The highest BCUT2D eigenvalue weighted by Gasteiger charge is 2.24. The van der Waals surface area contributed by atoms with Gasteiger partial charge in [0.25, 0.3) is 0 Å². The smallest absolute Gasteiger partial charge is 0.220 e. The van der Waals surface area contributed by atoms with E-state index in [1.54, 1.807) is 18.4 Å². The van der Waals surface area contributed by atoms with Gasteiger partial charge in [0, 0.05) is 13.0 Å². The summed E-state index contributed by atoms with van der Waals surface area (Å²) in [6.45, 7) is 2.67. The molecule has 5 heteroatoms. The van der Waals surface area contributed by atoms with E-state index in [1.165, 1.54) is 19.3 Å². The largest absolute Gasteiger partial charge is 0.468 e. The Morgan fingerprint density at radius 1 is 1.19 bits per heavy atom. The molecule has 1 atom stereocenters.